The number of carbonyl (C=O) groups excluding carboxylic acids is 1. The summed E-state index contributed by atoms with van der Waals surface area (Å²) < 4.78 is 39.2. The smallest absolute Gasteiger partial charge is 0.335 e. The Bertz CT molecular complexity index is 1220. The van der Waals surface area contributed by atoms with E-state index in [-0.39, 0.29) is 13.2 Å². The summed E-state index contributed by atoms with van der Waals surface area (Å²) in [6, 6.07) is 21.6. The van der Waals surface area contributed by atoms with Gasteiger partial charge in [-0.2, -0.15) is 0 Å². The number of hydrogen-bond donors (Lipinski definition) is 0. The predicted octanol–water partition coefficient (Wildman–Crippen LogP) is 4.49. The molecule has 7 nitrogen and oxygen atoms in total. The molecule has 3 aromatic rings. The van der Waals surface area contributed by atoms with E-state index in [0.29, 0.717) is 39.0 Å². The fourth-order valence-corrected chi connectivity index (χ4v) is 7.51. The van der Waals surface area contributed by atoms with Gasteiger partial charge in [-0.3, -0.25) is 4.57 Å². The van der Waals surface area contributed by atoms with Crippen LogP contribution < -0.4 is 24.8 Å². The van der Waals surface area contributed by atoms with Gasteiger partial charge in [0.2, 0.25) is 13.0 Å². The highest BCUT2D eigenvalue weighted by atomic mass is 31.2. The van der Waals surface area contributed by atoms with E-state index in [1.807, 2.05) is 65.3 Å². The fourth-order valence-electron chi connectivity index (χ4n) is 4.57. The Morgan fingerprint density at radius 3 is 1.86 bits per heavy atom. The zero-order chi connectivity index (χ0) is 25.7. The number of methoxy groups -OCH3 is 3. The molecule has 0 fully saturated rings. The second-order valence-corrected chi connectivity index (χ2v) is 10.8. The van der Waals surface area contributed by atoms with E-state index < -0.39 is 19.3 Å². The first kappa shape index (κ1) is 25.5. The van der Waals surface area contributed by atoms with Gasteiger partial charge in [0.05, 0.1) is 39.6 Å². The first-order valence-electron chi connectivity index (χ1n) is 11.6. The third-order valence-electron chi connectivity index (χ3n) is 6.18. The summed E-state index contributed by atoms with van der Waals surface area (Å²) >= 11 is 0. The van der Waals surface area contributed by atoms with Crippen LogP contribution in [-0.4, -0.2) is 45.1 Å². The highest BCUT2D eigenvalue weighted by molar-refractivity contribution is 7.76. The van der Waals surface area contributed by atoms with Crippen molar-refractivity contribution < 1.29 is 28.3 Å². The maximum Gasteiger partial charge on any atom is 0.335 e. The highest BCUT2D eigenvalue weighted by Crippen LogP contribution is 2.57. The summed E-state index contributed by atoms with van der Waals surface area (Å²) in [6.07, 6.45) is 1.80. The van der Waals surface area contributed by atoms with Gasteiger partial charge in [-0.1, -0.05) is 42.5 Å². The van der Waals surface area contributed by atoms with Crippen molar-refractivity contribution in [2.75, 3.05) is 34.5 Å². The molecule has 1 aliphatic rings. The van der Waals surface area contributed by atoms with Crippen LogP contribution in [0.3, 0.4) is 0 Å². The molecule has 0 saturated heterocycles. The van der Waals surface area contributed by atoms with Crippen LogP contribution in [0.4, 0.5) is 0 Å². The molecule has 3 aromatic carbocycles. The van der Waals surface area contributed by atoms with E-state index in [4.69, 9.17) is 18.9 Å². The molecule has 0 aliphatic carbocycles. The minimum Gasteiger partial charge on any atom is -0.493 e. The third-order valence-corrected chi connectivity index (χ3v) is 9.29. The van der Waals surface area contributed by atoms with Gasteiger partial charge in [-0.05, 0) is 48.9 Å². The van der Waals surface area contributed by atoms with Gasteiger partial charge in [0.15, 0.2) is 11.5 Å². The van der Waals surface area contributed by atoms with Crippen molar-refractivity contribution in [3.8, 4) is 17.2 Å². The average molecular weight is 508 g/mol. The average Bonchev–Trinajstić information content (AvgIpc) is 3.38. The first-order chi connectivity index (χ1) is 17.5. The maximum absolute atomic E-state index is 15.2. The SMILES string of the molecule is CCOC(=O)C1=CCN(P(=O)(c2ccccc2)c2ccccc2)[C@H]1c1cc(OC)c(OC)c(OC)c1. The molecule has 0 amide bonds. The number of benzene rings is 3. The number of ether oxygens (including phenoxy) is 4. The lowest BCUT2D eigenvalue weighted by molar-refractivity contribution is -0.138. The van der Waals surface area contributed by atoms with Gasteiger partial charge in [0.1, 0.15) is 0 Å². The molecule has 1 atom stereocenters. The lowest BCUT2D eigenvalue weighted by Crippen LogP contribution is -2.34. The first-order valence-corrected chi connectivity index (χ1v) is 13.3. The highest BCUT2D eigenvalue weighted by Gasteiger charge is 2.45. The van der Waals surface area contributed by atoms with Crippen LogP contribution in [0.15, 0.2) is 84.4 Å². The van der Waals surface area contributed by atoms with E-state index in [9.17, 15) is 4.79 Å². The van der Waals surface area contributed by atoms with Crippen molar-refractivity contribution >= 4 is 23.9 Å². The van der Waals surface area contributed by atoms with E-state index in [2.05, 4.69) is 0 Å². The molecule has 36 heavy (non-hydrogen) atoms. The molecule has 0 unspecified atom stereocenters. The zero-order valence-electron chi connectivity index (χ0n) is 20.8. The minimum atomic E-state index is -3.39. The quantitative estimate of drug-likeness (QED) is 0.312. The Labute approximate surface area is 211 Å². The summed E-state index contributed by atoms with van der Waals surface area (Å²) in [6.45, 7) is 2.28. The molecular formula is C28H30NO6P. The molecule has 8 heteroatoms. The van der Waals surface area contributed by atoms with Crippen LogP contribution in [0.2, 0.25) is 0 Å². The van der Waals surface area contributed by atoms with E-state index >= 15 is 4.57 Å². The summed E-state index contributed by atoms with van der Waals surface area (Å²) in [4.78, 5) is 13.1. The molecule has 0 saturated carbocycles. The summed E-state index contributed by atoms with van der Waals surface area (Å²) in [5.74, 6) is 0.864. The Morgan fingerprint density at radius 2 is 1.42 bits per heavy atom. The van der Waals surface area contributed by atoms with Crippen LogP contribution in [-0.2, 0) is 14.1 Å². The lowest BCUT2D eigenvalue weighted by Gasteiger charge is -2.35. The van der Waals surface area contributed by atoms with Crippen molar-refractivity contribution in [3.05, 3.63) is 90.0 Å². The molecule has 0 radical (unpaired) electrons. The molecule has 0 aromatic heterocycles. The Morgan fingerprint density at radius 1 is 0.889 bits per heavy atom. The second-order valence-electron chi connectivity index (χ2n) is 8.11. The van der Waals surface area contributed by atoms with Gasteiger partial charge in [-0.25, -0.2) is 9.46 Å². The normalized spacial score (nSPS) is 15.8. The summed E-state index contributed by atoms with van der Waals surface area (Å²) in [7, 11) is 1.21. The largest absolute Gasteiger partial charge is 0.493 e. The van der Waals surface area contributed by atoms with Crippen molar-refractivity contribution in [1.29, 1.82) is 0 Å². The Kier molecular flexibility index (Phi) is 7.82. The van der Waals surface area contributed by atoms with Gasteiger partial charge < -0.3 is 18.9 Å². The van der Waals surface area contributed by atoms with Gasteiger partial charge in [-0.15, -0.1) is 0 Å². The zero-order valence-corrected chi connectivity index (χ0v) is 21.7. The molecule has 0 bridgehead atoms. The monoisotopic (exact) mass is 507 g/mol. The Balaban J connectivity index is 1.96. The van der Waals surface area contributed by atoms with E-state index in [1.54, 1.807) is 25.1 Å². The number of hydrogen-bond acceptors (Lipinski definition) is 6. The van der Waals surface area contributed by atoms with Crippen molar-refractivity contribution in [1.82, 2.24) is 4.67 Å². The molecule has 4 rings (SSSR count). The van der Waals surface area contributed by atoms with Crippen LogP contribution in [0.25, 0.3) is 0 Å². The number of nitrogens with zero attached hydrogens (tertiary/aromatic N) is 1. The van der Waals surface area contributed by atoms with Crippen molar-refractivity contribution in [2.24, 2.45) is 0 Å². The fraction of sp³-hybridized carbons (Fsp3) is 0.250. The maximum atomic E-state index is 15.2. The molecule has 0 spiro atoms. The van der Waals surface area contributed by atoms with Gasteiger partial charge in [0, 0.05) is 17.2 Å². The predicted molar refractivity (Wildman–Crippen MR) is 140 cm³/mol. The van der Waals surface area contributed by atoms with Crippen LogP contribution in [0.5, 0.6) is 17.2 Å². The topological polar surface area (TPSA) is 74.3 Å². The van der Waals surface area contributed by atoms with Crippen LogP contribution in [0, 0.1) is 0 Å². The molecule has 188 valence electrons. The van der Waals surface area contributed by atoms with E-state index in [0.717, 1.165) is 0 Å². The number of esters is 1. The lowest BCUT2D eigenvalue weighted by atomic mass is 9.99. The third kappa shape index (κ3) is 4.52. The van der Waals surface area contributed by atoms with Gasteiger partial charge in [0.25, 0.3) is 0 Å². The standard InChI is InChI=1S/C28H30NO6P/c1-5-35-28(30)23-16-17-29(26(23)20-18-24(32-2)27(34-4)25(19-20)33-3)36(31,21-12-8-6-9-13-21)22-14-10-7-11-15-22/h6-16,18-19,26H,5,17H2,1-4H3/t26-/m0/s1. The van der Waals surface area contributed by atoms with Crippen molar-refractivity contribution in [3.63, 3.8) is 0 Å². The molecule has 1 aliphatic heterocycles. The summed E-state index contributed by atoms with van der Waals surface area (Å²) in [5.41, 5.74) is 1.09. The number of rotatable bonds is 9. The van der Waals surface area contributed by atoms with Crippen LogP contribution in [0.1, 0.15) is 18.5 Å². The molecule has 0 N–H and O–H groups in total. The van der Waals surface area contributed by atoms with E-state index in [1.165, 1.54) is 21.3 Å². The molecule has 1 heterocycles. The van der Waals surface area contributed by atoms with Crippen LogP contribution >= 0.6 is 7.29 Å². The second kappa shape index (κ2) is 11.0. The molecular weight excluding hydrogens is 477 g/mol. The summed E-state index contributed by atoms with van der Waals surface area (Å²) in [5, 5.41) is 1.35. The van der Waals surface area contributed by atoms with Gasteiger partial charge >= 0.3 is 5.97 Å². The minimum absolute atomic E-state index is 0.229. The van der Waals surface area contributed by atoms with Crippen molar-refractivity contribution in [2.45, 2.75) is 13.0 Å². The number of carbonyl (C=O) groups is 1. The Hall–Kier alpha value is -3.54.